The summed E-state index contributed by atoms with van der Waals surface area (Å²) in [5.41, 5.74) is -0.256. The molecule has 0 heterocycles. The van der Waals surface area contributed by atoms with Crippen molar-refractivity contribution in [3.63, 3.8) is 0 Å². The van der Waals surface area contributed by atoms with E-state index in [0.717, 1.165) is 31.2 Å². The number of carbonyl (C=O) groups excluding carboxylic acids is 1. The van der Waals surface area contributed by atoms with Crippen LogP contribution in [0.25, 0.3) is 0 Å². The minimum atomic E-state index is -1.12. The van der Waals surface area contributed by atoms with Gasteiger partial charge in [0.05, 0.1) is 14.2 Å². The normalized spacial score (nSPS) is 16.6. The molecule has 1 amide bonds. The molecule has 0 radical (unpaired) electrons. The van der Waals surface area contributed by atoms with Crippen LogP contribution in [0.5, 0.6) is 11.5 Å². The first-order valence-electron chi connectivity index (χ1n) is 8.76. The van der Waals surface area contributed by atoms with E-state index in [9.17, 15) is 14.7 Å². The number of hydrogen-bond donors (Lipinski definition) is 2. The van der Waals surface area contributed by atoms with Gasteiger partial charge in [-0.1, -0.05) is 25.7 Å². The van der Waals surface area contributed by atoms with Crippen LogP contribution in [0, 0.1) is 0 Å². The van der Waals surface area contributed by atoms with Gasteiger partial charge in [-0.25, -0.2) is 4.79 Å². The average molecular weight is 349 g/mol. The second kappa shape index (κ2) is 8.74. The van der Waals surface area contributed by atoms with Crippen molar-refractivity contribution in [1.29, 1.82) is 0 Å². The van der Waals surface area contributed by atoms with Crippen molar-refractivity contribution in [2.24, 2.45) is 0 Å². The topological polar surface area (TPSA) is 84.9 Å². The molecule has 6 nitrogen and oxygen atoms in total. The quantitative estimate of drug-likeness (QED) is 0.739. The van der Waals surface area contributed by atoms with Crippen LogP contribution >= 0.6 is 0 Å². The summed E-state index contributed by atoms with van der Waals surface area (Å²) in [5, 5.41) is 12.4. The maximum absolute atomic E-state index is 12.4. The van der Waals surface area contributed by atoms with Gasteiger partial charge in [0.1, 0.15) is 17.0 Å². The largest absolute Gasteiger partial charge is 0.497 e. The van der Waals surface area contributed by atoms with Crippen LogP contribution in [0.4, 0.5) is 0 Å². The first kappa shape index (κ1) is 19.1. The number of methoxy groups -OCH3 is 2. The van der Waals surface area contributed by atoms with Crippen molar-refractivity contribution >= 4 is 11.9 Å². The van der Waals surface area contributed by atoms with Crippen LogP contribution in [0.1, 0.15) is 50.5 Å². The molecule has 1 aromatic carbocycles. The van der Waals surface area contributed by atoms with E-state index in [0.29, 0.717) is 30.8 Å². The lowest BCUT2D eigenvalue weighted by atomic mass is 9.90. The summed E-state index contributed by atoms with van der Waals surface area (Å²) in [6.07, 6.45) is 5.36. The Morgan fingerprint density at radius 2 is 1.80 bits per heavy atom. The molecule has 2 rings (SSSR count). The van der Waals surface area contributed by atoms with Gasteiger partial charge in [0, 0.05) is 6.42 Å². The third-order valence-electron chi connectivity index (χ3n) is 4.85. The molecule has 25 heavy (non-hydrogen) atoms. The van der Waals surface area contributed by atoms with Crippen LogP contribution in [0.2, 0.25) is 0 Å². The summed E-state index contributed by atoms with van der Waals surface area (Å²) >= 11 is 0. The fraction of sp³-hybridized carbons (Fsp3) is 0.579. The number of hydrogen-bond acceptors (Lipinski definition) is 4. The van der Waals surface area contributed by atoms with E-state index in [2.05, 4.69) is 5.32 Å². The number of rotatable bonds is 7. The maximum atomic E-state index is 12.4. The molecular formula is C19H27NO5. The third kappa shape index (κ3) is 4.87. The molecule has 6 heteroatoms. The van der Waals surface area contributed by atoms with Crippen molar-refractivity contribution in [3.05, 3.63) is 23.8 Å². The van der Waals surface area contributed by atoms with Crippen molar-refractivity contribution in [3.8, 4) is 11.5 Å². The van der Waals surface area contributed by atoms with E-state index < -0.39 is 11.5 Å². The summed E-state index contributed by atoms with van der Waals surface area (Å²) in [6.45, 7) is 0. The SMILES string of the molecule is COc1ccc(OC)c(CCC(=O)NC2(C(=O)O)CCCCCC2)c1. The van der Waals surface area contributed by atoms with E-state index in [1.54, 1.807) is 26.4 Å². The van der Waals surface area contributed by atoms with Crippen molar-refractivity contribution in [1.82, 2.24) is 5.32 Å². The van der Waals surface area contributed by atoms with E-state index >= 15 is 0 Å². The number of carboxylic acid groups (broad SMARTS) is 1. The Hall–Kier alpha value is -2.24. The zero-order valence-corrected chi connectivity index (χ0v) is 15.0. The highest BCUT2D eigenvalue weighted by Crippen LogP contribution is 2.28. The first-order valence-corrected chi connectivity index (χ1v) is 8.76. The highest BCUT2D eigenvalue weighted by atomic mass is 16.5. The number of benzene rings is 1. The number of amides is 1. The van der Waals surface area contributed by atoms with Crippen molar-refractivity contribution in [2.45, 2.75) is 56.9 Å². The van der Waals surface area contributed by atoms with Crippen molar-refractivity contribution in [2.75, 3.05) is 14.2 Å². The highest BCUT2D eigenvalue weighted by molar-refractivity contribution is 5.87. The van der Waals surface area contributed by atoms with Gasteiger partial charge in [-0.2, -0.15) is 0 Å². The summed E-state index contributed by atoms with van der Waals surface area (Å²) < 4.78 is 10.5. The lowest BCUT2D eigenvalue weighted by molar-refractivity contribution is -0.148. The monoisotopic (exact) mass is 349 g/mol. The third-order valence-corrected chi connectivity index (χ3v) is 4.85. The van der Waals surface area contributed by atoms with Gasteiger partial charge in [-0.05, 0) is 43.0 Å². The Bertz CT molecular complexity index is 606. The Balaban J connectivity index is 2.03. The van der Waals surface area contributed by atoms with E-state index in [-0.39, 0.29) is 12.3 Å². The number of carboxylic acids is 1. The molecule has 0 atom stereocenters. The zero-order chi connectivity index (χ0) is 18.3. The Labute approximate surface area is 148 Å². The van der Waals surface area contributed by atoms with E-state index in [4.69, 9.17) is 9.47 Å². The molecule has 1 aromatic rings. The lowest BCUT2D eigenvalue weighted by Crippen LogP contribution is -2.54. The molecule has 0 saturated heterocycles. The molecule has 1 fully saturated rings. The van der Waals surface area contributed by atoms with Crippen LogP contribution in [0.3, 0.4) is 0 Å². The summed E-state index contributed by atoms with van der Waals surface area (Å²) in [4.78, 5) is 24.2. The fourth-order valence-corrected chi connectivity index (χ4v) is 3.38. The standard InChI is InChI=1S/C19H27NO5/c1-24-15-8-9-16(25-2)14(13-15)7-10-17(21)20-19(18(22)23)11-5-3-4-6-12-19/h8-9,13H,3-7,10-12H2,1-2H3,(H,20,21)(H,22,23). The average Bonchev–Trinajstić information content (AvgIpc) is 2.86. The molecule has 0 aliphatic heterocycles. The molecule has 1 aliphatic rings. The van der Waals surface area contributed by atoms with Gasteiger partial charge in [-0.3, -0.25) is 4.79 Å². The smallest absolute Gasteiger partial charge is 0.329 e. The minimum absolute atomic E-state index is 0.207. The summed E-state index contributed by atoms with van der Waals surface area (Å²) in [6, 6.07) is 5.44. The first-order chi connectivity index (χ1) is 12.0. The minimum Gasteiger partial charge on any atom is -0.497 e. The summed E-state index contributed by atoms with van der Waals surface area (Å²) in [5.74, 6) is 0.217. The Morgan fingerprint density at radius 1 is 1.12 bits per heavy atom. The molecular weight excluding hydrogens is 322 g/mol. The maximum Gasteiger partial charge on any atom is 0.329 e. The second-order valence-electron chi connectivity index (χ2n) is 6.53. The Morgan fingerprint density at radius 3 is 2.36 bits per heavy atom. The van der Waals surface area contributed by atoms with Crippen molar-refractivity contribution < 1.29 is 24.2 Å². The van der Waals surface area contributed by atoms with E-state index in [1.807, 2.05) is 6.07 Å². The molecule has 138 valence electrons. The number of carbonyl (C=O) groups is 2. The van der Waals surface area contributed by atoms with E-state index in [1.165, 1.54) is 0 Å². The van der Waals surface area contributed by atoms with Crippen LogP contribution < -0.4 is 14.8 Å². The predicted octanol–water partition coefficient (Wildman–Crippen LogP) is 2.93. The number of aliphatic carboxylic acids is 1. The van der Waals surface area contributed by atoms with Gasteiger partial charge in [-0.15, -0.1) is 0 Å². The van der Waals surface area contributed by atoms with Gasteiger partial charge in [0.15, 0.2) is 0 Å². The summed E-state index contributed by atoms with van der Waals surface area (Å²) in [7, 11) is 3.16. The van der Waals surface area contributed by atoms with Crippen LogP contribution in [0.15, 0.2) is 18.2 Å². The zero-order valence-electron chi connectivity index (χ0n) is 15.0. The molecule has 0 bridgehead atoms. The van der Waals surface area contributed by atoms with Gasteiger partial charge in [0.25, 0.3) is 0 Å². The number of nitrogens with one attached hydrogen (secondary N) is 1. The van der Waals surface area contributed by atoms with Gasteiger partial charge in [0.2, 0.25) is 5.91 Å². The molecule has 0 unspecified atom stereocenters. The highest BCUT2D eigenvalue weighted by Gasteiger charge is 2.39. The molecule has 1 aliphatic carbocycles. The Kier molecular flexibility index (Phi) is 6.67. The molecule has 0 spiro atoms. The lowest BCUT2D eigenvalue weighted by Gasteiger charge is -2.29. The fourth-order valence-electron chi connectivity index (χ4n) is 3.38. The van der Waals surface area contributed by atoms with Gasteiger partial charge >= 0.3 is 5.97 Å². The molecule has 0 aromatic heterocycles. The predicted molar refractivity (Wildman–Crippen MR) is 94.1 cm³/mol. The number of aryl methyl sites for hydroxylation is 1. The van der Waals surface area contributed by atoms with Crippen LogP contribution in [-0.4, -0.2) is 36.7 Å². The van der Waals surface area contributed by atoms with Gasteiger partial charge < -0.3 is 19.9 Å². The second-order valence-corrected chi connectivity index (χ2v) is 6.53. The number of ether oxygens (including phenoxy) is 2. The molecule has 1 saturated carbocycles. The van der Waals surface area contributed by atoms with Crippen LogP contribution in [-0.2, 0) is 16.0 Å². The molecule has 2 N–H and O–H groups in total.